The zero-order valence-electron chi connectivity index (χ0n) is 3.96. The van der Waals surface area contributed by atoms with Gasteiger partial charge in [0.05, 0.1) is 0 Å². The van der Waals surface area contributed by atoms with Crippen molar-refractivity contribution in [3.05, 3.63) is 0 Å². The summed E-state index contributed by atoms with van der Waals surface area (Å²) < 4.78 is 0. The first-order valence-corrected chi connectivity index (χ1v) is 0. The monoisotopic (exact) mass is 232 g/mol. The molecular formula is H12ClO6Y+2. The van der Waals surface area contributed by atoms with Crippen molar-refractivity contribution >= 4 is 0 Å². The molecule has 0 spiro atoms. The molecule has 0 bridgehead atoms. The Labute approximate surface area is 77.8 Å². The van der Waals surface area contributed by atoms with Crippen LogP contribution in [-0.4, -0.2) is 32.9 Å². The molecular weight excluding hydrogens is 220 g/mol. The fourth-order valence-electron chi connectivity index (χ4n) is 0. The van der Waals surface area contributed by atoms with E-state index in [1.807, 2.05) is 0 Å². The summed E-state index contributed by atoms with van der Waals surface area (Å²) in [6.07, 6.45) is 0. The van der Waals surface area contributed by atoms with E-state index in [1.165, 1.54) is 0 Å². The molecule has 8 heteroatoms. The molecule has 0 aromatic rings. The third-order valence-electron chi connectivity index (χ3n) is 0. The molecule has 0 atom stereocenters. The van der Waals surface area contributed by atoms with Crippen LogP contribution in [0.1, 0.15) is 0 Å². The first-order chi connectivity index (χ1) is 0. The predicted octanol–water partition coefficient (Wildman–Crippen LogP) is -7.95. The summed E-state index contributed by atoms with van der Waals surface area (Å²) >= 11 is 0. The summed E-state index contributed by atoms with van der Waals surface area (Å²) in [4.78, 5) is 0. The molecule has 0 radical (unpaired) electrons. The SMILES string of the molecule is O.O.O.O.O.O.[Cl-].[Y+3]. The van der Waals surface area contributed by atoms with Gasteiger partial charge in [-0.3, -0.25) is 0 Å². The molecule has 0 fully saturated rings. The van der Waals surface area contributed by atoms with E-state index in [0.29, 0.717) is 0 Å². The van der Waals surface area contributed by atoms with Crippen LogP contribution in [0.15, 0.2) is 0 Å². The maximum atomic E-state index is 0. The maximum Gasteiger partial charge on any atom is 3.00 e. The van der Waals surface area contributed by atoms with Gasteiger partial charge in [0.15, 0.2) is 0 Å². The van der Waals surface area contributed by atoms with Gasteiger partial charge in [0, 0.05) is 0 Å². The van der Waals surface area contributed by atoms with Gasteiger partial charge in [-0.05, 0) is 0 Å². The van der Waals surface area contributed by atoms with Gasteiger partial charge in [0.1, 0.15) is 0 Å². The van der Waals surface area contributed by atoms with E-state index < -0.39 is 0 Å². The molecule has 0 rings (SSSR count). The molecule has 0 unspecified atom stereocenters. The molecule has 0 aliphatic carbocycles. The van der Waals surface area contributed by atoms with E-state index in [4.69, 9.17) is 0 Å². The summed E-state index contributed by atoms with van der Waals surface area (Å²) in [6.45, 7) is 0. The third kappa shape index (κ3) is 203. The van der Waals surface area contributed by atoms with Gasteiger partial charge in [-0.1, -0.05) is 0 Å². The summed E-state index contributed by atoms with van der Waals surface area (Å²) in [5, 5.41) is 0. The molecule has 0 saturated heterocycles. The average Bonchev–Trinajstić information content (AvgIpc) is 0. The van der Waals surface area contributed by atoms with Gasteiger partial charge in [0.25, 0.3) is 0 Å². The molecule has 0 aromatic carbocycles. The summed E-state index contributed by atoms with van der Waals surface area (Å²) in [5.41, 5.74) is 0. The fraction of sp³-hybridized carbons (Fsp3) is 0. The standard InChI is InChI=1S/ClH.6H2O.Y/h1H;6*1H2;/q;;;;;;;+3/p-1. The summed E-state index contributed by atoms with van der Waals surface area (Å²) in [7, 11) is 0. The molecule has 0 aliphatic rings. The van der Waals surface area contributed by atoms with Crippen LogP contribution in [0.25, 0.3) is 0 Å². The van der Waals surface area contributed by atoms with Crippen LogP contribution in [0, 0.1) is 0 Å². The maximum absolute atomic E-state index is 0. The van der Waals surface area contributed by atoms with Crippen molar-refractivity contribution in [2.24, 2.45) is 0 Å². The quantitative estimate of drug-likeness (QED) is 0.383. The van der Waals surface area contributed by atoms with Crippen LogP contribution >= 0.6 is 0 Å². The predicted molar refractivity (Wildman–Crippen MR) is 21.7 cm³/mol. The number of halogens is 1. The smallest absolute Gasteiger partial charge is 1.00 e. The Morgan fingerprint density at radius 3 is 0.375 bits per heavy atom. The Morgan fingerprint density at radius 1 is 0.375 bits per heavy atom. The molecule has 0 saturated carbocycles. The normalized spacial score (nSPS) is 0. The third-order valence-corrected chi connectivity index (χ3v) is 0. The molecule has 12 N–H and O–H groups in total. The second-order valence-electron chi connectivity index (χ2n) is 0. The first-order valence-electron chi connectivity index (χ1n) is 0. The fourth-order valence-corrected chi connectivity index (χ4v) is 0. The van der Waals surface area contributed by atoms with Gasteiger partial charge in [-0.2, -0.15) is 0 Å². The van der Waals surface area contributed by atoms with Gasteiger partial charge in [0.2, 0.25) is 0 Å². The molecule has 6 nitrogen and oxygen atoms in total. The Kier molecular flexibility index (Phi) is 17900. The zero-order chi connectivity index (χ0) is 0. The van der Waals surface area contributed by atoms with Crippen LogP contribution in [0.2, 0.25) is 0 Å². The molecule has 56 valence electrons. The van der Waals surface area contributed by atoms with Crippen LogP contribution in [0.4, 0.5) is 0 Å². The van der Waals surface area contributed by atoms with E-state index in [2.05, 4.69) is 0 Å². The van der Waals surface area contributed by atoms with Crippen molar-refractivity contribution in [2.75, 3.05) is 0 Å². The van der Waals surface area contributed by atoms with Crippen molar-refractivity contribution in [3.63, 3.8) is 0 Å². The van der Waals surface area contributed by atoms with Crippen LogP contribution < -0.4 is 12.4 Å². The van der Waals surface area contributed by atoms with Crippen molar-refractivity contribution in [1.29, 1.82) is 0 Å². The van der Waals surface area contributed by atoms with Crippen LogP contribution in [0.5, 0.6) is 0 Å². The largest absolute Gasteiger partial charge is 3.00 e. The van der Waals surface area contributed by atoms with E-state index >= 15 is 0 Å². The Balaban J connectivity index is 0. The summed E-state index contributed by atoms with van der Waals surface area (Å²) in [6, 6.07) is 0. The number of rotatable bonds is 0. The van der Waals surface area contributed by atoms with Gasteiger partial charge >= 0.3 is 32.7 Å². The zero-order valence-corrected chi connectivity index (χ0v) is 7.55. The van der Waals surface area contributed by atoms with Crippen molar-refractivity contribution in [3.8, 4) is 0 Å². The van der Waals surface area contributed by atoms with Crippen molar-refractivity contribution in [1.82, 2.24) is 0 Å². The minimum atomic E-state index is 0. The number of hydrogen-bond acceptors (Lipinski definition) is 0. The second kappa shape index (κ2) is 313. The minimum Gasteiger partial charge on any atom is -1.00 e. The Hall–Kier alpha value is 1.15. The number of hydrogen-bond donors (Lipinski definition) is 0. The van der Waals surface area contributed by atoms with Crippen molar-refractivity contribution in [2.45, 2.75) is 0 Å². The van der Waals surface area contributed by atoms with Gasteiger partial charge < -0.3 is 45.3 Å². The van der Waals surface area contributed by atoms with E-state index in [1.54, 1.807) is 0 Å². The topological polar surface area (TPSA) is 189 Å². The Bertz CT molecular complexity index is 8.49. The molecule has 0 heterocycles. The minimum absolute atomic E-state index is 0. The Morgan fingerprint density at radius 2 is 0.375 bits per heavy atom. The van der Waals surface area contributed by atoms with E-state index in [9.17, 15) is 0 Å². The summed E-state index contributed by atoms with van der Waals surface area (Å²) in [5.74, 6) is 0. The van der Waals surface area contributed by atoms with Crippen LogP contribution in [-0.2, 0) is 32.7 Å². The van der Waals surface area contributed by atoms with Gasteiger partial charge in [-0.15, -0.1) is 0 Å². The first kappa shape index (κ1) is 457. The van der Waals surface area contributed by atoms with Crippen LogP contribution in [0.3, 0.4) is 0 Å². The molecule has 0 aromatic heterocycles. The molecule has 0 amide bonds. The molecule has 8 heavy (non-hydrogen) atoms. The van der Waals surface area contributed by atoms with Gasteiger partial charge in [-0.25, -0.2) is 0 Å². The van der Waals surface area contributed by atoms with Crippen molar-refractivity contribution < 1.29 is 78.0 Å². The second-order valence-corrected chi connectivity index (χ2v) is 0. The van der Waals surface area contributed by atoms with E-state index in [-0.39, 0.29) is 78.0 Å². The van der Waals surface area contributed by atoms with E-state index in [0.717, 1.165) is 0 Å². The molecule has 0 aliphatic heterocycles. The average molecular weight is 232 g/mol.